The molecule has 1 aliphatic rings. The van der Waals surface area contributed by atoms with Gasteiger partial charge in [0.25, 0.3) is 11.5 Å². The zero-order valence-corrected chi connectivity index (χ0v) is 18.4. The fourth-order valence-corrected chi connectivity index (χ4v) is 4.10. The Labute approximate surface area is 193 Å². The Morgan fingerprint density at radius 3 is 2.76 bits per heavy atom. The Morgan fingerprint density at radius 2 is 2.03 bits per heavy atom. The summed E-state index contributed by atoms with van der Waals surface area (Å²) in [5.41, 5.74) is 6.19. The molecule has 1 saturated heterocycles. The van der Waals surface area contributed by atoms with Gasteiger partial charge in [-0.15, -0.1) is 0 Å². The first-order valence-corrected chi connectivity index (χ1v) is 10.6. The zero-order chi connectivity index (χ0) is 23.7. The molecule has 10 heteroatoms. The van der Waals surface area contributed by atoms with Crippen molar-refractivity contribution in [2.24, 2.45) is 5.73 Å². The highest BCUT2D eigenvalue weighted by atomic mass is 35.5. The van der Waals surface area contributed by atoms with Crippen LogP contribution in [0.3, 0.4) is 0 Å². The van der Waals surface area contributed by atoms with Crippen LogP contribution in [-0.4, -0.2) is 53.6 Å². The van der Waals surface area contributed by atoms with E-state index in [4.69, 9.17) is 26.8 Å². The molecule has 2 heterocycles. The van der Waals surface area contributed by atoms with Crippen molar-refractivity contribution < 1.29 is 23.5 Å². The van der Waals surface area contributed by atoms with E-state index < -0.39 is 29.8 Å². The lowest BCUT2D eigenvalue weighted by Crippen LogP contribution is -2.57. The lowest BCUT2D eigenvalue weighted by Gasteiger charge is -2.35. The van der Waals surface area contributed by atoms with Crippen LogP contribution in [0.15, 0.2) is 47.4 Å². The molecule has 2 aromatic carbocycles. The molecule has 0 aliphatic carbocycles. The number of carbonyl (C=O) groups is 2. The standard InChI is InChI=1S/C23H21ClFN3O5/c1-12(23(31)28-6-7-32-11-20(28)21(26)29)33-14-3-5-15-17(9-14)22(30)27-10-18(15)16-4-2-13(25)8-19(16)24/h2-5,8-10,12,20H,6-7,11H2,1H3,(H2,26,29)(H,27,30)/t12-,20-/m1/s1. The van der Waals surface area contributed by atoms with Gasteiger partial charge in [-0.05, 0) is 48.7 Å². The second-order valence-electron chi connectivity index (χ2n) is 7.65. The van der Waals surface area contributed by atoms with Crippen LogP contribution in [0.4, 0.5) is 4.39 Å². The molecule has 33 heavy (non-hydrogen) atoms. The normalized spacial score (nSPS) is 17.1. The molecular formula is C23H21ClFN3O5. The molecule has 2 amide bonds. The molecule has 0 spiro atoms. The maximum absolute atomic E-state index is 13.5. The Balaban J connectivity index is 1.63. The first-order valence-electron chi connectivity index (χ1n) is 10.2. The van der Waals surface area contributed by atoms with Gasteiger partial charge >= 0.3 is 0 Å². The third-order valence-electron chi connectivity index (χ3n) is 5.50. The van der Waals surface area contributed by atoms with Gasteiger partial charge in [0.1, 0.15) is 17.6 Å². The molecule has 0 saturated carbocycles. The Morgan fingerprint density at radius 1 is 1.24 bits per heavy atom. The number of pyridine rings is 1. The first kappa shape index (κ1) is 22.8. The average Bonchev–Trinajstić information content (AvgIpc) is 2.79. The zero-order valence-electron chi connectivity index (χ0n) is 17.6. The Hall–Kier alpha value is -3.43. The van der Waals surface area contributed by atoms with Gasteiger partial charge in [-0.25, -0.2) is 4.39 Å². The lowest BCUT2D eigenvalue weighted by atomic mass is 10.0. The minimum Gasteiger partial charge on any atom is -0.481 e. The number of fused-ring (bicyclic) bond motifs is 1. The number of hydrogen-bond acceptors (Lipinski definition) is 5. The first-order chi connectivity index (χ1) is 15.8. The number of carbonyl (C=O) groups excluding carboxylic acids is 2. The molecular weight excluding hydrogens is 453 g/mol. The van der Waals surface area contributed by atoms with Crippen LogP contribution in [0.25, 0.3) is 21.9 Å². The van der Waals surface area contributed by atoms with Gasteiger partial charge in [0.2, 0.25) is 5.91 Å². The molecule has 8 nitrogen and oxygen atoms in total. The number of nitrogens with one attached hydrogen (secondary N) is 1. The number of hydrogen-bond donors (Lipinski definition) is 2. The second-order valence-corrected chi connectivity index (χ2v) is 8.06. The summed E-state index contributed by atoms with van der Waals surface area (Å²) in [6.07, 6.45) is 0.579. The molecule has 0 unspecified atom stereocenters. The average molecular weight is 474 g/mol. The number of halogens is 2. The van der Waals surface area contributed by atoms with E-state index in [0.717, 1.165) is 0 Å². The monoisotopic (exact) mass is 473 g/mol. The number of rotatable bonds is 5. The van der Waals surface area contributed by atoms with Gasteiger partial charge in [0.15, 0.2) is 6.10 Å². The van der Waals surface area contributed by atoms with Gasteiger partial charge in [0.05, 0.1) is 23.6 Å². The number of H-pyrrole nitrogens is 1. The van der Waals surface area contributed by atoms with Crippen molar-refractivity contribution in [1.82, 2.24) is 9.88 Å². The maximum atomic E-state index is 13.5. The Kier molecular flexibility index (Phi) is 6.35. The van der Waals surface area contributed by atoms with E-state index in [9.17, 15) is 18.8 Å². The van der Waals surface area contributed by atoms with E-state index in [1.807, 2.05) is 0 Å². The van der Waals surface area contributed by atoms with Gasteiger partial charge in [-0.2, -0.15) is 0 Å². The molecule has 1 aliphatic heterocycles. The highest BCUT2D eigenvalue weighted by Crippen LogP contribution is 2.33. The predicted molar refractivity (Wildman–Crippen MR) is 121 cm³/mol. The number of benzene rings is 2. The maximum Gasteiger partial charge on any atom is 0.264 e. The SMILES string of the molecule is C[C@@H](Oc1ccc2c(-c3ccc(F)cc3Cl)c[nH]c(=O)c2c1)C(=O)N1CCOC[C@@H]1C(N)=O. The van der Waals surface area contributed by atoms with Gasteiger partial charge in [0, 0.05) is 23.9 Å². The summed E-state index contributed by atoms with van der Waals surface area (Å²) in [4.78, 5) is 41.0. The number of nitrogens with zero attached hydrogens (tertiary/aromatic N) is 1. The van der Waals surface area contributed by atoms with E-state index in [1.165, 1.54) is 35.4 Å². The smallest absolute Gasteiger partial charge is 0.264 e. The minimum absolute atomic E-state index is 0.0356. The molecule has 1 aromatic heterocycles. The van der Waals surface area contributed by atoms with Crippen molar-refractivity contribution in [2.75, 3.05) is 19.8 Å². The van der Waals surface area contributed by atoms with Crippen LogP contribution in [0.1, 0.15) is 6.92 Å². The van der Waals surface area contributed by atoms with E-state index in [2.05, 4.69) is 4.98 Å². The van der Waals surface area contributed by atoms with Crippen molar-refractivity contribution in [3.63, 3.8) is 0 Å². The van der Waals surface area contributed by atoms with Crippen molar-refractivity contribution in [3.8, 4) is 16.9 Å². The summed E-state index contributed by atoms with van der Waals surface area (Å²) in [6.45, 7) is 2.11. The second kappa shape index (κ2) is 9.21. The number of aromatic amines is 1. The van der Waals surface area contributed by atoms with Crippen LogP contribution >= 0.6 is 11.6 Å². The van der Waals surface area contributed by atoms with E-state index in [0.29, 0.717) is 34.3 Å². The molecule has 1 fully saturated rings. The summed E-state index contributed by atoms with van der Waals surface area (Å²) in [7, 11) is 0. The minimum atomic E-state index is -0.934. The number of primary amides is 1. The quantitative estimate of drug-likeness (QED) is 0.590. The third kappa shape index (κ3) is 4.55. The number of morpholine rings is 1. The fraction of sp³-hybridized carbons (Fsp3) is 0.261. The Bertz CT molecular complexity index is 1290. The summed E-state index contributed by atoms with van der Waals surface area (Å²) < 4.78 is 24.5. The lowest BCUT2D eigenvalue weighted by molar-refractivity contribution is -0.152. The van der Waals surface area contributed by atoms with Gasteiger partial charge in [-0.3, -0.25) is 14.4 Å². The van der Waals surface area contributed by atoms with Crippen molar-refractivity contribution >= 4 is 34.2 Å². The number of nitrogens with two attached hydrogens (primary N) is 1. The number of amides is 2. The van der Waals surface area contributed by atoms with Crippen LogP contribution in [-0.2, 0) is 14.3 Å². The number of aromatic nitrogens is 1. The summed E-state index contributed by atoms with van der Waals surface area (Å²) in [6, 6.07) is 7.97. The highest BCUT2D eigenvalue weighted by molar-refractivity contribution is 6.33. The molecule has 172 valence electrons. The van der Waals surface area contributed by atoms with Gasteiger partial charge < -0.3 is 25.1 Å². The number of ether oxygens (including phenoxy) is 2. The summed E-state index contributed by atoms with van der Waals surface area (Å²) in [5.74, 6) is -1.24. The predicted octanol–water partition coefficient (Wildman–Crippen LogP) is 2.47. The van der Waals surface area contributed by atoms with E-state index >= 15 is 0 Å². The summed E-state index contributed by atoms with van der Waals surface area (Å²) >= 11 is 6.21. The molecule has 0 radical (unpaired) electrons. The van der Waals surface area contributed by atoms with Crippen molar-refractivity contribution in [1.29, 1.82) is 0 Å². The van der Waals surface area contributed by atoms with Crippen LogP contribution in [0, 0.1) is 5.82 Å². The highest BCUT2D eigenvalue weighted by Gasteiger charge is 2.34. The topological polar surface area (TPSA) is 115 Å². The molecule has 0 bridgehead atoms. The molecule has 3 N–H and O–H groups in total. The van der Waals surface area contributed by atoms with E-state index in [1.54, 1.807) is 19.1 Å². The molecule has 4 rings (SSSR count). The molecule has 2 atom stereocenters. The largest absolute Gasteiger partial charge is 0.481 e. The van der Waals surface area contributed by atoms with Crippen molar-refractivity contribution in [2.45, 2.75) is 19.1 Å². The van der Waals surface area contributed by atoms with Crippen LogP contribution in [0.5, 0.6) is 5.75 Å². The van der Waals surface area contributed by atoms with Gasteiger partial charge in [-0.1, -0.05) is 11.6 Å². The van der Waals surface area contributed by atoms with Crippen LogP contribution < -0.4 is 16.0 Å². The summed E-state index contributed by atoms with van der Waals surface area (Å²) in [5, 5.41) is 1.10. The van der Waals surface area contributed by atoms with E-state index in [-0.39, 0.29) is 23.7 Å². The van der Waals surface area contributed by atoms with Crippen molar-refractivity contribution in [3.05, 3.63) is 63.8 Å². The molecule has 3 aromatic rings. The fourth-order valence-electron chi connectivity index (χ4n) is 3.83. The van der Waals surface area contributed by atoms with Crippen LogP contribution in [0.2, 0.25) is 5.02 Å². The third-order valence-corrected chi connectivity index (χ3v) is 5.81.